The molecule has 0 fully saturated rings. The van der Waals surface area contributed by atoms with Crippen molar-refractivity contribution >= 4 is 26.8 Å². The molecule has 0 aliphatic rings. The van der Waals surface area contributed by atoms with Gasteiger partial charge in [-0.1, -0.05) is 75.2 Å². The Kier molecular flexibility index (Phi) is 6.81. The van der Waals surface area contributed by atoms with Gasteiger partial charge in [-0.05, 0) is 55.2 Å². The Labute approximate surface area is 196 Å². The van der Waals surface area contributed by atoms with Crippen molar-refractivity contribution in [3.8, 4) is 11.3 Å². The van der Waals surface area contributed by atoms with Crippen LogP contribution in [0.1, 0.15) is 27.8 Å². The lowest BCUT2D eigenvalue weighted by molar-refractivity contribution is 0.647. The van der Waals surface area contributed by atoms with Crippen LogP contribution in [0.5, 0.6) is 0 Å². The van der Waals surface area contributed by atoms with Gasteiger partial charge in [0.15, 0.2) is 0 Å². The number of fused-ring (bicyclic) bond motifs is 1. The summed E-state index contributed by atoms with van der Waals surface area (Å²) >= 11 is 3.41. The number of rotatable bonds is 4. The first-order chi connectivity index (χ1) is 15.5. The van der Waals surface area contributed by atoms with Crippen LogP contribution >= 0.6 is 15.9 Å². The average Bonchev–Trinajstić information content (AvgIpc) is 3.45. The van der Waals surface area contributed by atoms with Gasteiger partial charge < -0.3 is 0 Å². The summed E-state index contributed by atoms with van der Waals surface area (Å²) in [6.07, 6.45) is 3.81. The smallest absolute Gasteiger partial charge is 0.113 e. The molecule has 2 heterocycles. The summed E-state index contributed by atoms with van der Waals surface area (Å²) in [7, 11) is 0. The quantitative estimate of drug-likeness (QED) is 0.299. The van der Waals surface area contributed by atoms with Crippen LogP contribution in [0.4, 0.5) is 0 Å². The highest BCUT2D eigenvalue weighted by atomic mass is 79.9. The van der Waals surface area contributed by atoms with E-state index in [2.05, 4.69) is 106 Å². The third-order valence-electron chi connectivity index (χ3n) is 5.51. The molecule has 0 radical (unpaired) electrons. The maximum absolute atomic E-state index is 4.30. The van der Waals surface area contributed by atoms with E-state index >= 15 is 0 Å². The minimum atomic E-state index is 0.729. The van der Waals surface area contributed by atoms with Gasteiger partial charge in [-0.15, -0.1) is 5.10 Å². The number of benzene rings is 3. The zero-order valence-electron chi connectivity index (χ0n) is 18.5. The molecule has 5 rings (SSSR count). The molecule has 0 saturated carbocycles. The molecule has 5 aromatic rings. The molecule has 0 aliphatic heterocycles. The van der Waals surface area contributed by atoms with Gasteiger partial charge in [0, 0.05) is 16.3 Å². The Balaban J connectivity index is 0.000000230. The van der Waals surface area contributed by atoms with E-state index in [4.69, 9.17) is 0 Å². The third kappa shape index (κ3) is 5.14. The molecule has 6 heteroatoms. The Bertz CT molecular complexity index is 1340. The molecule has 0 atom stereocenters. The standard InChI is InChI=1S/C18H17N5.C8H9Br/c1-12-3-4-15(13(2)7-12)10-23-11-18(21-22-23)14-5-6-17-16(8-14)9-19-20-17;1-7-4-2-3-5-8(7)6-9/h3-9,11H,10H2,1-2H3,(H,19,20);2-5H,6H2,1H3. The Morgan fingerprint density at radius 1 is 0.906 bits per heavy atom. The van der Waals surface area contributed by atoms with Gasteiger partial charge in [0.05, 0.1) is 24.5 Å². The van der Waals surface area contributed by atoms with Crippen LogP contribution in [0.3, 0.4) is 0 Å². The lowest BCUT2D eigenvalue weighted by atomic mass is 10.1. The molecule has 162 valence electrons. The average molecular weight is 488 g/mol. The summed E-state index contributed by atoms with van der Waals surface area (Å²) in [6, 6.07) is 21.0. The molecule has 0 spiro atoms. The number of nitrogens with one attached hydrogen (secondary N) is 1. The molecule has 0 bridgehead atoms. The number of hydrogen-bond acceptors (Lipinski definition) is 3. The van der Waals surface area contributed by atoms with Crippen molar-refractivity contribution in [3.05, 3.63) is 101 Å². The van der Waals surface area contributed by atoms with Crippen molar-refractivity contribution in [2.75, 3.05) is 0 Å². The summed E-state index contributed by atoms with van der Waals surface area (Å²) < 4.78 is 1.88. The van der Waals surface area contributed by atoms with E-state index < -0.39 is 0 Å². The monoisotopic (exact) mass is 487 g/mol. The summed E-state index contributed by atoms with van der Waals surface area (Å²) in [5, 5.41) is 17.6. The van der Waals surface area contributed by atoms with E-state index in [0.717, 1.165) is 34.0 Å². The topological polar surface area (TPSA) is 59.4 Å². The minimum Gasteiger partial charge on any atom is -0.278 e. The first-order valence-corrected chi connectivity index (χ1v) is 11.7. The van der Waals surface area contributed by atoms with E-state index in [1.54, 1.807) is 0 Å². The fourth-order valence-electron chi connectivity index (χ4n) is 3.57. The van der Waals surface area contributed by atoms with Crippen LogP contribution in [0, 0.1) is 20.8 Å². The number of halogens is 1. The second-order valence-corrected chi connectivity index (χ2v) is 8.52. The fourth-order valence-corrected chi connectivity index (χ4v) is 4.20. The van der Waals surface area contributed by atoms with E-state index in [1.165, 1.54) is 27.8 Å². The second kappa shape index (κ2) is 9.92. The number of aromatic nitrogens is 5. The van der Waals surface area contributed by atoms with E-state index in [-0.39, 0.29) is 0 Å². The van der Waals surface area contributed by atoms with Crippen LogP contribution in [0.2, 0.25) is 0 Å². The van der Waals surface area contributed by atoms with Crippen molar-refractivity contribution in [1.82, 2.24) is 25.2 Å². The normalized spacial score (nSPS) is 10.8. The molecule has 1 N–H and O–H groups in total. The zero-order valence-corrected chi connectivity index (χ0v) is 20.1. The van der Waals surface area contributed by atoms with Gasteiger partial charge in [-0.2, -0.15) is 5.10 Å². The summed E-state index contributed by atoms with van der Waals surface area (Å²) in [5.41, 5.74) is 9.49. The van der Waals surface area contributed by atoms with Crippen molar-refractivity contribution in [1.29, 1.82) is 0 Å². The first kappa shape index (κ1) is 22.0. The molecule has 2 aromatic heterocycles. The van der Waals surface area contributed by atoms with Crippen LogP contribution in [0.15, 0.2) is 73.1 Å². The minimum absolute atomic E-state index is 0.729. The number of nitrogens with zero attached hydrogens (tertiary/aromatic N) is 4. The predicted octanol–water partition coefficient (Wildman–Crippen LogP) is 6.38. The summed E-state index contributed by atoms with van der Waals surface area (Å²) in [5.74, 6) is 0. The maximum atomic E-state index is 4.30. The van der Waals surface area contributed by atoms with Crippen molar-refractivity contribution in [2.24, 2.45) is 0 Å². The van der Waals surface area contributed by atoms with Crippen molar-refractivity contribution in [2.45, 2.75) is 32.6 Å². The Hall–Kier alpha value is -3.25. The molecule has 0 amide bonds. The van der Waals surface area contributed by atoms with E-state index in [0.29, 0.717) is 0 Å². The van der Waals surface area contributed by atoms with Gasteiger partial charge in [-0.3, -0.25) is 5.10 Å². The molecular formula is C26H26BrN5. The van der Waals surface area contributed by atoms with E-state index in [9.17, 15) is 0 Å². The van der Waals surface area contributed by atoms with Gasteiger partial charge in [0.2, 0.25) is 0 Å². The van der Waals surface area contributed by atoms with Crippen molar-refractivity contribution < 1.29 is 0 Å². The first-order valence-electron chi connectivity index (χ1n) is 10.5. The molecule has 3 aromatic carbocycles. The van der Waals surface area contributed by atoms with Crippen molar-refractivity contribution in [3.63, 3.8) is 0 Å². The Morgan fingerprint density at radius 2 is 1.75 bits per heavy atom. The fraction of sp³-hybridized carbons (Fsp3) is 0.192. The molecule has 0 unspecified atom stereocenters. The highest BCUT2D eigenvalue weighted by Crippen LogP contribution is 2.22. The van der Waals surface area contributed by atoms with Crippen LogP contribution in [-0.2, 0) is 11.9 Å². The number of alkyl halides is 1. The third-order valence-corrected chi connectivity index (χ3v) is 6.11. The summed E-state index contributed by atoms with van der Waals surface area (Å²) in [6.45, 7) is 7.09. The lowest BCUT2D eigenvalue weighted by Crippen LogP contribution is -2.02. The Morgan fingerprint density at radius 3 is 2.50 bits per heavy atom. The zero-order chi connectivity index (χ0) is 22.5. The van der Waals surface area contributed by atoms with Gasteiger partial charge >= 0.3 is 0 Å². The van der Waals surface area contributed by atoms with Gasteiger partial charge in [0.1, 0.15) is 5.69 Å². The second-order valence-electron chi connectivity index (χ2n) is 7.96. The highest BCUT2D eigenvalue weighted by Gasteiger charge is 2.07. The number of aryl methyl sites for hydroxylation is 3. The van der Waals surface area contributed by atoms with Crippen LogP contribution < -0.4 is 0 Å². The molecule has 5 nitrogen and oxygen atoms in total. The maximum Gasteiger partial charge on any atom is 0.113 e. The van der Waals surface area contributed by atoms with Gasteiger partial charge in [-0.25, -0.2) is 4.68 Å². The SMILES string of the molecule is Cc1ccc(Cn2cc(-c3ccc4[nH]ncc4c3)nn2)c(C)c1.Cc1ccccc1CBr. The molecular weight excluding hydrogens is 462 g/mol. The number of hydrogen-bond donors (Lipinski definition) is 1. The lowest BCUT2D eigenvalue weighted by Gasteiger charge is -2.06. The van der Waals surface area contributed by atoms with Crippen LogP contribution in [0.25, 0.3) is 22.2 Å². The molecule has 0 saturated heterocycles. The van der Waals surface area contributed by atoms with E-state index in [1.807, 2.05) is 29.2 Å². The predicted molar refractivity (Wildman–Crippen MR) is 134 cm³/mol. The highest BCUT2D eigenvalue weighted by molar-refractivity contribution is 9.08. The van der Waals surface area contributed by atoms with Crippen LogP contribution in [-0.4, -0.2) is 25.2 Å². The summed E-state index contributed by atoms with van der Waals surface area (Å²) in [4.78, 5) is 0. The van der Waals surface area contributed by atoms with Gasteiger partial charge in [0.25, 0.3) is 0 Å². The molecule has 32 heavy (non-hydrogen) atoms. The largest absolute Gasteiger partial charge is 0.278 e. The molecule has 0 aliphatic carbocycles. The number of aromatic amines is 1. The number of H-pyrrole nitrogens is 1.